The number of nitrogens with zero attached hydrogens (tertiary/aromatic N) is 1. The molecule has 2 N–H and O–H groups in total. The van der Waals surface area contributed by atoms with Crippen molar-refractivity contribution in [1.82, 2.24) is 4.98 Å². The normalized spacial score (nSPS) is 11.4. The van der Waals surface area contributed by atoms with Crippen LogP contribution in [0.1, 0.15) is 13.8 Å². The number of aliphatic hydroxyl groups is 1. The fraction of sp³-hybridized carbons (Fsp3) is 0.444. The van der Waals surface area contributed by atoms with Gasteiger partial charge in [-0.05, 0) is 26.0 Å². The zero-order valence-electron chi connectivity index (χ0n) is 7.71. The van der Waals surface area contributed by atoms with Gasteiger partial charge in [-0.1, -0.05) is 0 Å². The Kier molecular flexibility index (Phi) is 2.83. The van der Waals surface area contributed by atoms with Crippen LogP contribution in [-0.2, 0) is 0 Å². The van der Waals surface area contributed by atoms with Crippen LogP contribution in [-0.4, -0.2) is 22.2 Å². The van der Waals surface area contributed by atoms with Gasteiger partial charge in [0.15, 0.2) is 0 Å². The van der Waals surface area contributed by atoms with Gasteiger partial charge in [0.25, 0.3) is 0 Å². The fourth-order valence-corrected chi connectivity index (χ4v) is 0.787. The number of hydrogen-bond donors (Lipinski definition) is 2. The van der Waals surface area contributed by atoms with Gasteiger partial charge in [0.05, 0.1) is 11.8 Å². The lowest BCUT2D eigenvalue weighted by atomic mass is 10.1. The van der Waals surface area contributed by atoms with E-state index >= 15 is 0 Å². The molecule has 0 aliphatic rings. The highest BCUT2D eigenvalue weighted by Crippen LogP contribution is 2.06. The van der Waals surface area contributed by atoms with Crippen LogP contribution in [0.25, 0.3) is 0 Å². The Balaban J connectivity index is 2.51. The minimum absolute atomic E-state index is 0.367. The summed E-state index contributed by atoms with van der Waals surface area (Å²) < 4.78 is 12.4. The molecule has 0 saturated carbocycles. The molecule has 1 aromatic rings. The molecule has 1 rings (SSSR count). The Morgan fingerprint density at radius 2 is 2.23 bits per heavy atom. The maximum Gasteiger partial charge on any atom is 0.141 e. The number of aromatic nitrogens is 1. The summed E-state index contributed by atoms with van der Waals surface area (Å²) in [6.45, 7) is 3.75. The molecule has 72 valence electrons. The molecule has 0 fully saturated rings. The quantitative estimate of drug-likeness (QED) is 0.746. The predicted molar refractivity (Wildman–Crippen MR) is 49.0 cm³/mol. The first-order valence-corrected chi connectivity index (χ1v) is 4.05. The van der Waals surface area contributed by atoms with Crippen LogP contribution in [0.4, 0.5) is 10.2 Å². The smallest absolute Gasteiger partial charge is 0.141 e. The first-order valence-electron chi connectivity index (χ1n) is 4.05. The van der Waals surface area contributed by atoms with Crippen LogP contribution in [0.15, 0.2) is 18.3 Å². The van der Waals surface area contributed by atoms with Crippen molar-refractivity contribution in [2.45, 2.75) is 19.4 Å². The average Bonchev–Trinajstić information content (AvgIpc) is 2.02. The zero-order valence-corrected chi connectivity index (χ0v) is 7.71. The van der Waals surface area contributed by atoms with E-state index < -0.39 is 5.60 Å². The van der Waals surface area contributed by atoms with Gasteiger partial charge < -0.3 is 10.4 Å². The SMILES string of the molecule is CC(C)(O)CNc1ccc(F)cn1. The molecule has 4 heteroatoms. The Morgan fingerprint density at radius 3 is 2.69 bits per heavy atom. The van der Waals surface area contributed by atoms with Gasteiger partial charge in [0, 0.05) is 6.54 Å². The molecule has 1 aromatic heterocycles. The summed E-state index contributed by atoms with van der Waals surface area (Å²) in [6, 6.07) is 2.85. The minimum atomic E-state index is -0.796. The standard InChI is InChI=1S/C9H13FN2O/c1-9(2,13)6-12-8-4-3-7(10)5-11-8/h3-5,13H,6H2,1-2H3,(H,11,12). The van der Waals surface area contributed by atoms with Crippen LogP contribution in [0, 0.1) is 5.82 Å². The molecule has 1 heterocycles. The third-order valence-corrected chi connectivity index (χ3v) is 1.43. The van der Waals surface area contributed by atoms with Gasteiger partial charge in [-0.15, -0.1) is 0 Å². The summed E-state index contributed by atoms with van der Waals surface area (Å²) in [5, 5.41) is 12.3. The maximum absolute atomic E-state index is 12.4. The number of rotatable bonds is 3. The van der Waals surface area contributed by atoms with Crippen molar-refractivity contribution in [2.24, 2.45) is 0 Å². The molecule has 0 amide bonds. The number of pyridine rings is 1. The third-order valence-electron chi connectivity index (χ3n) is 1.43. The summed E-state index contributed by atoms with van der Waals surface area (Å²) in [6.07, 6.45) is 1.13. The average molecular weight is 184 g/mol. The van der Waals surface area contributed by atoms with Crippen molar-refractivity contribution >= 4 is 5.82 Å². The van der Waals surface area contributed by atoms with E-state index in [9.17, 15) is 9.50 Å². The second kappa shape index (κ2) is 3.70. The molecule has 0 saturated heterocycles. The Labute approximate surface area is 76.6 Å². The molecule has 0 unspecified atom stereocenters. The molecule has 0 bridgehead atoms. The second-order valence-electron chi connectivity index (χ2n) is 3.53. The highest BCUT2D eigenvalue weighted by atomic mass is 19.1. The second-order valence-corrected chi connectivity index (χ2v) is 3.53. The van der Waals surface area contributed by atoms with E-state index in [0.29, 0.717) is 12.4 Å². The van der Waals surface area contributed by atoms with E-state index in [1.54, 1.807) is 13.8 Å². The molecule has 0 aromatic carbocycles. The minimum Gasteiger partial charge on any atom is -0.389 e. The van der Waals surface area contributed by atoms with Crippen LogP contribution in [0.5, 0.6) is 0 Å². The van der Waals surface area contributed by atoms with Crippen molar-refractivity contribution in [2.75, 3.05) is 11.9 Å². The summed E-state index contributed by atoms with van der Waals surface area (Å²) in [7, 11) is 0. The van der Waals surface area contributed by atoms with E-state index in [-0.39, 0.29) is 5.82 Å². The molecule has 3 nitrogen and oxygen atoms in total. The summed E-state index contributed by atoms with van der Waals surface area (Å²) in [5.41, 5.74) is -0.796. The van der Waals surface area contributed by atoms with Crippen molar-refractivity contribution in [3.05, 3.63) is 24.1 Å². The fourth-order valence-electron chi connectivity index (χ4n) is 0.787. The van der Waals surface area contributed by atoms with Crippen molar-refractivity contribution < 1.29 is 9.50 Å². The van der Waals surface area contributed by atoms with Gasteiger partial charge in [-0.2, -0.15) is 0 Å². The molecular weight excluding hydrogens is 171 g/mol. The van der Waals surface area contributed by atoms with E-state index in [1.165, 1.54) is 12.1 Å². The molecule has 0 atom stereocenters. The Hall–Kier alpha value is -1.16. The van der Waals surface area contributed by atoms with Gasteiger partial charge in [-0.25, -0.2) is 9.37 Å². The maximum atomic E-state index is 12.4. The van der Waals surface area contributed by atoms with Crippen molar-refractivity contribution in [3.63, 3.8) is 0 Å². The van der Waals surface area contributed by atoms with Gasteiger partial charge >= 0.3 is 0 Å². The number of anilines is 1. The summed E-state index contributed by atoms with van der Waals surface area (Å²) >= 11 is 0. The lowest BCUT2D eigenvalue weighted by molar-refractivity contribution is 0.0944. The van der Waals surface area contributed by atoms with Gasteiger partial charge in [0.2, 0.25) is 0 Å². The molecule has 0 aliphatic carbocycles. The van der Waals surface area contributed by atoms with Crippen LogP contribution < -0.4 is 5.32 Å². The topological polar surface area (TPSA) is 45.1 Å². The third kappa shape index (κ3) is 3.85. The first-order chi connectivity index (χ1) is 5.97. The van der Waals surface area contributed by atoms with E-state index in [2.05, 4.69) is 10.3 Å². The number of hydrogen-bond acceptors (Lipinski definition) is 3. The lowest BCUT2D eigenvalue weighted by Crippen LogP contribution is -2.29. The first kappa shape index (κ1) is 9.92. The molecule has 0 radical (unpaired) electrons. The zero-order chi connectivity index (χ0) is 9.90. The predicted octanol–water partition coefficient (Wildman–Crippen LogP) is 1.40. The van der Waals surface area contributed by atoms with Crippen molar-refractivity contribution in [3.8, 4) is 0 Å². The molecular formula is C9H13FN2O. The molecule has 0 aliphatic heterocycles. The van der Waals surface area contributed by atoms with E-state index in [0.717, 1.165) is 6.20 Å². The highest BCUT2D eigenvalue weighted by molar-refractivity contribution is 5.33. The summed E-state index contributed by atoms with van der Waals surface area (Å²) in [5.74, 6) is 0.192. The van der Waals surface area contributed by atoms with Gasteiger partial charge in [-0.3, -0.25) is 0 Å². The monoisotopic (exact) mass is 184 g/mol. The van der Waals surface area contributed by atoms with Crippen molar-refractivity contribution in [1.29, 1.82) is 0 Å². The molecule has 13 heavy (non-hydrogen) atoms. The van der Waals surface area contributed by atoms with E-state index in [4.69, 9.17) is 0 Å². The highest BCUT2D eigenvalue weighted by Gasteiger charge is 2.11. The number of halogens is 1. The Bertz CT molecular complexity index is 266. The van der Waals surface area contributed by atoms with E-state index in [1.807, 2.05) is 0 Å². The van der Waals surface area contributed by atoms with Gasteiger partial charge in [0.1, 0.15) is 11.6 Å². The number of nitrogens with one attached hydrogen (secondary N) is 1. The summed E-state index contributed by atoms with van der Waals surface area (Å²) in [4.78, 5) is 3.78. The van der Waals surface area contributed by atoms with Crippen LogP contribution in [0.2, 0.25) is 0 Å². The van der Waals surface area contributed by atoms with Crippen LogP contribution in [0.3, 0.4) is 0 Å². The molecule has 0 spiro atoms. The lowest BCUT2D eigenvalue weighted by Gasteiger charge is -2.17. The van der Waals surface area contributed by atoms with Crippen LogP contribution >= 0.6 is 0 Å². The Morgan fingerprint density at radius 1 is 1.54 bits per heavy atom. The largest absolute Gasteiger partial charge is 0.389 e.